The number of cyclic esters (lactones) is 1. The van der Waals surface area contributed by atoms with Gasteiger partial charge in [-0.15, -0.1) is 0 Å². The van der Waals surface area contributed by atoms with Gasteiger partial charge in [-0.2, -0.15) is 0 Å². The molecular weight excluding hydrogens is 338 g/mol. The van der Waals surface area contributed by atoms with E-state index in [1.54, 1.807) is 29.2 Å². The van der Waals surface area contributed by atoms with Crippen molar-refractivity contribution in [2.24, 2.45) is 0 Å². The Morgan fingerprint density at radius 3 is 2.54 bits per heavy atom. The Kier molecular flexibility index (Phi) is 5.27. The molecule has 1 aromatic rings. The zero-order valence-electron chi connectivity index (χ0n) is 15.1. The van der Waals surface area contributed by atoms with Crippen LogP contribution in [0.2, 0.25) is 0 Å². The van der Waals surface area contributed by atoms with Crippen molar-refractivity contribution in [3.63, 3.8) is 0 Å². The number of fused-ring (bicyclic) bond motifs is 1. The summed E-state index contributed by atoms with van der Waals surface area (Å²) in [4.78, 5) is 38.6. The van der Waals surface area contributed by atoms with Gasteiger partial charge >= 0.3 is 11.9 Å². The molecule has 1 fully saturated rings. The molecule has 1 aromatic carbocycles. The number of nitrogens with zero attached hydrogens (tertiary/aromatic N) is 1. The molecule has 0 radical (unpaired) electrons. The van der Waals surface area contributed by atoms with E-state index in [-0.39, 0.29) is 24.5 Å². The molecule has 4 atom stereocenters. The Bertz CT molecular complexity index is 708. The number of carbonyl (C=O) groups is 3. The molecular formula is C19H23NO6. The van der Waals surface area contributed by atoms with Gasteiger partial charge in [-0.25, -0.2) is 9.59 Å². The van der Waals surface area contributed by atoms with Crippen molar-refractivity contribution in [1.82, 2.24) is 4.90 Å². The van der Waals surface area contributed by atoms with Crippen LogP contribution in [0.3, 0.4) is 0 Å². The quantitative estimate of drug-likeness (QED) is 0.756. The van der Waals surface area contributed by atoms with E-state index in [0.717, 1.165) is 5.56 Å². The average molecular weight is 361 g/mol. The molecule has 26 heavy (non-hydrogen) atoms. The van der Waals surface area contributed by atoms with Gasteiger partial charge < -0.3 is 19.1 Å². The second kappa shape index (κ2) is 7.45. The second-order valence-corrected chi connectivity index (χ2v) is 6.83. The van der Waals surface area contributed by atoms with Crippen molar-refractivity contribution in [1.29, 1.82) is 0 Å². The summed E-state index contributed by atoms with van der Waals surface area (Å²) in [5.74, 6) is -1.53. The maximum Gasteiger partial charge on any atom is 0.348 e. The molecule has 2 aliphatic heterocycles. The highest BCUT2D eigenvalue weighted by Gasteiger charge is 2.35. The van der Waals surface area contributed by atoms with E-state index in [1.165, 1.54) is 6.92 Å². The van der Waals surface area contributed by atoms with E-state index in [0.29, 0.717) is 18.7 Å². The number of amides is 1. The molecule has 0 bridgehead atoms. The Hall–Kier alpha value is -2.41. The predicted octanol–water partition coefficient (Wildman–Crippen LogP) is 1.34. The normalized spacial score (nSPS) is 26.5. The molecule has 0 aliphatic carbocycles. The summed E-state index contributed by atoms with van der Waals surface area (Å²) in [6.07, 6.45) is -1.87. The van der Waals surface area contributed by atoms with Crippen molar-refractivity contribution in [3.05, 3.63) is 35.4 Å². The molecule has 0 unspecified atom stereocenters. The molecule has 7 nitrogen and oxygen atoms in total. The first-order valence-electron chi connectivity index (χ1n) is 8.78. The molecule has 0 N–H and O–H groups in total. The number of rotatable bonds is 3. The molecule has 1 saturated heterocycles. The van der Waals surface area contributed by atoms with Crippen molar-refractivity contribution in [2.75, 3.05) is 13.1 Å². The molecule has 2 heterocycles. The lowest BCUT2D eigenvalue weighted by molar-refractivity contribution is -0.170. The molecule has 0 aromatic heterocycles. The van der Waals surface area contributed by atoms with Crippen molar-refractivity contribution in [3.8, 4) is 0 Å². The Labute approximate surface area is 152 Å². The van der Waals surface area contributed by atoms with Crippen molar-refractivity contribution >= 4 is 17.8 Å². The van der Waals surface area contributed by atoms with Gasteiger partial charge in [-0.1, -0.05) is 18.2 Å². The Balaban J connectivity index is 1.61. The summed E-state index contributed by atoms with van der Waals surface area (Å²) < 4.78 is 16.1. The smallest absolute Gasteiger partial charge is 0.348 e. The molecule has 0 spiro atoms. The van der Waals surface area contributed by atoms with Gasteiger partial charge in [-0.05, 0) is 32.4 Å². The van der Waals surface area contributed by atoms with Crippen LogP contribution in [0.5, 0.6) is 0 Å². The molecule has 3 rings (SSSR count). The Morgan fingerprint density at radius 1 is 1.19 bits per heavy atom. The average Bonchev–Trinajstić information content (AvgIpc) is 2.60. The minimum absolute atomic E-state index is 0.0681. The van der Waals surface area contributed by atoms with Crippen LogP contribution in [0.25, 0.3) is 0 Å². The van der Waals surface area contributed by atoms with E-state index in [2.05, 4.69) is 0 Å². The molecule has 0 saturated carbocycles. The highest BCUT2D eigenvalue weighted by atomic mass is 16.6. The summed E-state index contributed by atoms with van der Waals surface area (Å²) >= 11 is 0. The first kappa shape index (κ1) is 18.4. The topological polar surface area (TPSA) is 82.1 Å². The first-order valence-corrected chi connectivity index (χ1v) is 8.78. The standard InChI is InChI=1S/C19H23NO6/c1-11-9-20(10-12(2)24-11)17(21)13(3)25-19(23)16-8-14-6-4-5-7-15(14)18(22)26-16/h4-7,11-13,16H,8-10H2,1-3H3/t11-,12+,13-,16-/m0/s1. The van der Waals surface area contributed by atoms with Gasteiger partial charge in [0.25, 0.3) is 5.91 Å². The number of hydrogen-bond donors (Lipinski definition) is 0. The van der Waals surface area contributed by atoms with E-state index >= 15 is 0 Å². The maximum absolute atomic E-state index is 12.6. The van der Waals surface area contributed by atoms with E-state index in [4.69, 9.17) is 14.2 Å². The van der Waals surface area contributed by atoms with E-state index in [1.807, 2.05) is 13.8 Å². The number of ether oxygens (including phenoxy) is 3. The predicted molar refractivity (Wildman–Crippen MR) is 91.5 cm³/mol. The number of hydrogen-bond acceptors (Lipinski definition) is 6. The van der Waals surface area contributed by atoms with Crippen LogP contribution in [0, 0.1) is 0 Å². The summed E-state index contributed by atoms with van der Waals surface area (Å²) in [6, 6.07) is 6.98. The van der Waals surface area contributed by atoms with Gasteiger partial charge in [0.1, 0.15) is 0 Å². The largest absolute Gasteiger partial charge is 0.450 e. The van der Waals surface area contributed by atoms with Gasteiger partial charge in [0.2, 0.25) is 6.10 Å². The minimum atomic E-state index is -1.03. The lowest BCUT2D eigenvalue weighted by Crippen LogP contribution is -2.52. The van der Waals surface area contributed by atoms with Gasteiger partial charge in [-0.3, -0.25) is 4.79 Å². The third kappa shape index (κ3) is 3.88. The number of esters is 2. The van der Waals surface area contributed by atoms with Crippen LogP contribution in [0.1, 0.15) is 36.7 Å². The van der Waals surface area contributed by atoms with Crippen molar-refractivity contribution < 1.29 is 28.6 Å². The van der Waals surface area contributed by atoms with Gasteiger partial charge in [0, 0.05) is 19.5 Å². The van der Waals surface area contributed by atoms with Crippen LogP contribution in [-0.2, 0) is 30.2 Å². The summed E-state index contributed by atoms with van der Waals surface area (Å²) in [6.45, 7) is 6.23. The number of morpholine rings is 1. The fourth-order valence-corrected chi connectivity index (χ4v) is 3.38. The SMILES string of the molecule is C[C@@H]1CN(C(=O)[C@H](C)OC(=O)[C@@H]2Cc3ccccc3C(=O)O2)C[C@H](C)O1. The third-order valence-electron chi connectivity index (χ3n) is 4.53. The Morgan fingerprint density at radius 2 is 1.85 bits per heavy atom. The van der Waals surface area contributed by atoms with Gasteiger partial charge in [0.05, 0.1) is 17.8 Å². The molecule has 7 heteroatoms. The van der Waals surface area contributed by atoms with Crippen LogP contribution in [-0.4, -0.2) is 60.3 Å². The third-order valence-corrected chi connectivity index (χ3v) is 4.53. The molecule has 2 aliphatic rings. The van der Waals surface area contributed by atoms with E-state index < -0.39 is 24.1 Å². The zero-order chi connectivity index (χ0) is 18.8. The molecule has 140 valence electrons. The number of benzene rings is 1. The minimum Gasteiger partial charge on any atom is -0.450 e. The highest BCUT2D eigenvalue weighted by Crippen LogP contribution is 2.22. The van der Waals surface area contributed by atoms with Crippen LogP contribution < -0.4 is 0 Å². The summed E-state index contributed by atoms with van der Waals surface area (Å²) in [5, 5.41) is 0. The highest BCUT2D eigenvalue weighted by molar-refractivity contribution is 5.95. The van der Waals surface area contributed by atoms with Crippen LogP contribution >= 0.6 is 0 Å². The summed E-state index contributed by atoms with van der Waals surface area (Å²) in [5.41, 5.74) is 1.19. The second-order valence-electron chi connectivity index (χ2n) is 6.83. The van der Waals surface area contributed by atoms with Crippen LogP contribution in [0.4, 0.5) is 0 Å². The number of carbonyl (C=O) groups excluding carboxylic acids is 3. The zero-order valence-corrected chi connectivity index (χ0v) is 15.1. The fourth-order valence-electron chi connectivity index (χ4n) is 3.38. The summed E-state index contributed by atoms with van der Waals surface area (Å²) in [7, 11) is 0. The van der Waals surface area contributed by atoms with Crippen molar-refractivity contribution in [2.45, 2.75) is 51.6 Å². The lowest BCUT2D eigenvalue weighted by atomic mass is 9.99. The maximum atomic E-state index is 12.6. The first-order chi connectivity index (χ1) is 12.3. The monoisotopic (exact) mass is 361 g/mol. The van der Waals surface area contributed by atoms with Gasteiger partial charge in [0.15, 0.2) is 6.10 Å². The van der Waals surface area contributed by atoms with Crippen LogP contribution in [0.15, 0.2) is 24.3 Å². The fraction of sp³-hybridized carbons (Fsp3) is 0.526. The van der Waals surface area contributed by atoms with E-state index in [9.17, 15) is 14.4 Å². The molecule has 1 amide bonds. The lowest BCUT2D eigenvalue weighted by Gasteiger charge is -2.36.